The maximum Gasteiger partial charge on any atom is 0.239 e. The number of amides is 1. The van der Waals surface area contributed by atoms with Crippen LogP contribution in [-0.4, -0.2) is 31.7 Å². The fraction of sp³-hybridized carbons (Fsp3) is 0.938. The van der Waals surface area contributed by atoms with Crippen LogP contribution in [0, 0.1) is 11.3 Å². The topological polar surface area (TPSA) is 64.3 Å². The average Bonchev–Trinajstić information content (AvgIpc) is 2.38. The molecule has 1 aliphatic carbocycles. The molecule has 0 aromatic carbocycles. The number of carbonyl (C=O) groups is 1. The SMILES string of the molecule is COCC(N)C(=O)NC(CC1CCCCC1)C(C)(C)C.Cl. The Morgan fingerprint density at radius 1 is 1.29 bits per heavy atom. The van der Waals surface area contributed by atoms with Crippen LogP contribution in [0.25, 0.3) is 0 Å². The minimum Gasteiger partial charge on any atom is -0.383 e. The van der Waals surface area contributed by atoms with Crippen molar-refractivity contribution < 1.29 is 9.53 Å². The van der Waals surface area contributed by atoms with Crippen molar-refractivity contribution in [2.75, 3.05) is 13.7 Å². The summed E-state index contributed by atoms with van der Waals surface area (Å²) >= 11 is 0. The highest BCUT2D eigenvalue weighted by atomic mass is 35.5. The Kier molecular flexibility index (Phi) is 9.50. The normalized spacial score (nSPS) is 19.5. The molecule has 0 aromatic rings. The molecule has 2 unspecified atom stereocenters. The molecule has 1 fully saturated rings. The Morgan fingerprint density at radius 3 is 2.33 bits per heavy atom. The fourth-order valence-corrected chi connectivity index (χ4v) is 2.92. The van der Waals surface area contributed by atoms with E-state index in [0.717, 1.165) is 12.3 Å². The molecule has 1 rings (SSSR count). The molecule has 0 heterocycles. The molecule has 126 valence electrons. The Morgan fingerprint density at radius 2 is 1.86 bits per heavy atom. The van der Waals surface area contributed by atoms with Gasteiger partial charge in [-0.3, -0.25) is 4.79 Å². The molecule has 1 aliphatic rings. The zero-order chi connectivity index (χ0) is 15.2. The number of nitrogens with two attached hydrogens (primary N) is 1. The first-order valence-electron chi connectivity index (χ1n) is 7.89. The van der Waals surface area contributed by atoms with E-state index in [0.29, 0.717) is 0 Å². The maximum atomic E-state index is 12.1. The number of hydrogen-bond acceptors (Lipinski definition) is 3. The van der Waals surface area contributed by atoms with Crippen LogP contribution in [0.5, 0.6) is 0 Å². The fourth-order valence-electron chi connectivity index (χ4n) is 2.92. The summed E-state index contributed by atoms with van der Waals surface area (Å²) in [6.45, 7) is 6.82. The highest BCUT2D eigenvalue weighted by Crippen LogP contribution is 2.32. The van der Waals surface area contributed by atoms with Gasteiger partial charge < -0.3 is 15.8 Å². The molecular formula is C16H33ClN2O2. The number of hydrogen-bond donors (Lipinski definition) is 2. The van der Waals surface area contributed by atoms with Crippen molar-refractivity contribution in [3.8, 4) is 0 Å². The molecule has 0 radical (unpaired) electrons. The van der Waals surface area contributed by atoms with Gasteiger partial charge in [-0.2, -0.15) is 0 Å². The van der Waals surface area contributed by atoms with Crippen LogP contribution in [0.15, 0.2) is 0 Å². The van der Waals surface area contributed by atoms with Crippen molar-refractivity contribution in [2.24, 2.45) is 17.1 Å². The Bertz CT molecular complexity index is 299. The number of methoxy groups -OCH3 is 1. The molecule has 21 heavy (non-hydrogen) atoms. The summed E-state index contributed by atoms with van der Waals surface area (Å²) in [4.78, 5) is 12.1. The number of rotatable bonds is 6. The molecule has 0 aliphatic heterocycles. The van der Waals surface area contributed by atoms with E-state index >= 15 is 0 Å². The number of carbonyl (C=O) groups excluding carboxylic acids is 1. The molecule has 4 nitrogen and oxygen atoms in total. The van der Waals surface area contributed by atoms with Crippen molar-refractivity contribution in [1.82, 2.24) is 5.32 Å². The third kappa shape index (κ3) is 7.48. The minimum absolute atomic E-state index is 0. The monoisotopic (exact) mass is 320 g/mol. The van der Waals surface area contributed by atoms with Gasteiger partial charge in [0.05, 0.1) is 6.61 Å². The number of halogens is 1. The van der Waals surface area contributed by atoms with Gasteiger partial charge in [0, 0.05) is 13.2 Å². The maximum absolute atomic E-state index is 12.1. The largest absolute Gasteiger partial charge is 0.383 e. The van der Waals surface area contributed by atoms with Crippen LogP contribution >= 0.6 is 12.4 Å². The van der Waals surface area contributed by atoms with Crippen LogP contribution < -0.4 is 11.1 Å². The second kappa shape index (κ2) is 9.65. The summed E-state index contributed by atoms with van der Waals surface area (Å²) in [6.07, 6.45) is 7.69. The van der Waals surface area contributed by atoms with Crippen LogP contribution in [-0.2, 0) is 9.53 Å². The molecule has 2 atom stereocenters. The lowest BCUT2D eigenvalue weighted by atomic mass is 9.77. The third-order valence-corrected chi connectivity index (χ3v) is 4.34. The van der Waals surface area contributed by atoms with E-state index in [1.807, 2.05) is 0 Å². The number of ether oxygens (including phenoxy) is 1. The zero-order valence-electron chi connectivity index (χ0n) is 14.0. The highest BCUT2D eigenvalue weighted by Gasteiger charge is 2.30. The van der Waals surface area contributed by atoms with Crippen molar-refractivity contribution in [3.05, 3.63) is 0 Å². The molecule has 0 saturated heterocycles. The molecule has 1 saturated carbocycles. The zero-order valence-corrected chi connectivity index (χ0v) is 14.8. The van der Waals surface area contributed by atoms with Gasteiger partial charge in [0.25, 0.3) is 0 Å². The van der Waals surface area contributed by atoms with Gasteiger partial charge in [-0.15, -0.1) is 12.4 Å². The molecule has 0 spiro atoms. The van der Waals surface area contributed by atoms with Gasteiger partial charge in [-0.1, -0.05) is 52.9 Å². The van der Waals surface area contributed by atoms with Crippen molar-refractivity contribution in [1.29, 1.82) is 0 Å². The van der Waals surface area contributed by atoms with Crippen molar-refractivity contribution in [2.45, 2.75) is 71.4 Å². The Labute approximate surface area is 136 Å². The van der Waals surface area contributed by atoms with Gasteiger partial charge in [-0.05, 0) is 17.8 Å². The molecule has 5 heteroatoms. The van der Waals surface area contributed by atoms with E-state index in [9.17, 15) is 4.79 Å². The first-order chi connectivity index (χ1) is 9.34. The van der Waals surface area contributed by atoms with E-state index in [1.165, 1.54) is 32.1 Å². The molecular weight excluding hydrogens is 288 g/mol. The standard InChI is InChI=1S/C16H32N2O2.ClH/c1-16(2,3)14(10-12-8-6-5-7-9-12)18-15(19)13(17)11-20-4;/h12-14H,5-11,17H2,1-4H3,(H,18,19);1H. The summed E-state index contributed by atoms with van der Waals surface area (Å²) < 4.78 is 4.96. The summed E-state index contributed by atoms with van der Waals surface area (Å²) in [5.74, 6) is 0.648. The van der Waals surface area contributed by atoms with Crippen LogP contribution in [0.1, 0.15) is 59.3 Å². The van der Waals surface area contributed by atoms with Crippen molar-refractivity contribution >= 4 is 18.3 Å². The van der Waals surface area contributed by atoms with Crippen LogP contribution in [0.3, 0.4) is 0 Å². The van der Waals surface area contributed by atoms with E-state index in [1.54, 1.807) is 7.11 Å². The summed E-state index contributed by atoms with van der Waals surface area (Å²) in [6, 6.07) is -0.391. The summed E-state index contributed by atoms with van der Waals surface area (Å²) in [7, 11) is 1.57. The summed E-state index contributed by atoms with van der Waals surface area (Å²) in [5.41, 5.74) is 5.87. The third-order valence-electron chi connectivity index (χ3n) is 4.34. The van der Waals surface area contributed by atoms with Gasteiger partial charge in [0.15, 0.2) is 0 Å². The Hall–Kier alpha value is -0.320. The van der Waals surface area contributed by atoms with E-state index in [4.69, 9.17) is 10.5 Å². The first kappa shape index (κ1) is 20.7. The lowest BCUT2D eigenvalue weighted by Gasteiger charge is -2.36. The second-order valence-corrected chi connectivity index (χ2v) is 7.23. The molecule has 0 aromatic heterocycles. The molecule has 1 amide bonds. The average molecular weight is 321 g/mol. The first-order valence-corrected chi connectivity index (χ1v) is 7.89. The van der Waals surface area contributed by atoms with Gasteiger partial charge in [-0.25, -0.2) is 0 Å². The molecule has 3 N–H and O–H groups in total. The van der Waals surface area contributed by atoms with Crippen molar-refractivity contribution in [3.63, 3.8) is 0 Å². The Balaban J connectivity index is 0.00000400. The lowest BCUT2D eigenvalue weighted by Crippen LogP contribution is -2.52. The smallest absolute Gasteiger partial charge is 0.239 e. The van der Waals surface area contributed by atoms with Gasteiger partial charge in [0.1, 0.15) is 6.04 Å². The van der Waals surface area contributed by atoms with E-state index < -0.39 is 6.04 Å². The van der Waals surface area contributed by atoms with E-state index in [-0.39, 0.29) is 36.4 Å². The predicted octanol–water partition coefficient (Wildman–Crippen LogP) is 2.88. The predicted molar refractivity (Wildman–Crippen MR) is 89.7 cm³/mol. The molecule has 0 bridgehead atoms. The van der Waals surface area contributed by atoms with Crippen LogP contribution in [0.4, 0.5) is 0 Å². The highest BCUT2D eigenvalue weighted by molar-refractivity contribution is 5.85. The van der Waals surface area contributed by atoms with Gasteiger partial charge in [0.2, 0.25) is 5.91 Å². The number of nitrogens with one attached hydrogen (secondary N) is 1. The van der Waals surface area contributed by atoms with E-state index in [2.05, 4.69) is 26.1 Å². The van der Waals surface area contributed by atoms with Crippen LogP contribution in [0.2, 0.25) is 0 Å². The second-order valence-electron chi connectivity index (χ2n) is 7.23. The lowest BCUT2D eigenvalue weighted by molar-refractivity contribution is -0.125. The summed E-state index contributed by atoms with van der Waals surface area (Å²) in [5, 5.41) is 3.14. The minimum atomic E-state index is -0.573. The quantitative estimate of drug-likeness (QED) is 0.791. The van der Waals surface area contributed by atoms with Gasteiger partial charge >= 0.3 is 0 Å².